The number of fused-ring (bicyclic) bond motifs is 2. The molecule has 1 aromatic heterocycles. The van der Waals surface area contributed by atoms with Crippen LogP contribution in [0.1, 0.15) is 34.5 Å². The first-order valence-corrected chi connectivity index (χ1v) is 7.00. The first kappa shape index (κ1) is 12.9. The fourth-order valence-electron chi connectivity index (χ4n) is 2.81. The first-order valence-electron chi connectivity index (χ1n) is 7.00. The van der Waals surface area contributed by atoms with Gasteiger partial charge in [-0.25, -0.2) is 4.79 Å². The number of aromatic nitrogens is 1. The van der Waals surface area contributed by atoms with E-state index in [4.69, 9.17) is 9.72 Å². The molecule has 1 aliphatic carbocycles. The highest BCUT2D eigenvalue weighted by atomic mass is 16.5. The highest BCUT2D eigenvalue weighted by Gasteiger charge is 2.23. The van der Waals surface area contributed by atoms with Gasteiger partial charge in [0.25, 0.3) is 0 Å². The summed E-state index contributed by atoms with van der Waals surface area (Å²) < 4.78 is 5.27. The molecule has 3 nitrogen and oxygen atoms in total. The van der Waals surface area contributed by atoms with Gasteiger partial charge in [0, 0.05) is 11.1 Å². The van der Waals surface area contributed by atoms with Crippen molar-refractivity contribution in [3.8, 4) is 0 Å². The summed E-state index contributed by atoms with van der Waals surface area (Å²) in [7, 11) is 0. The van der Waals surface area contributed by atoms with Crippen molar-refractivity contribution in [3.63, 3.8) is 0 Å². The molecule has 0 saturated heterocycles. The van der Waals surface area contributed by atoms with E-state index in [1.54, 1.807) is 6.08 Å². The van der Waals surface area contributed by atoms with E-state index in [9.17, 15) is 4.79 Å². The van der Waals surface area contributed by atoms with Gasteiger partial charge in [-0.2, -0.15) is 0 Å². The smallest absolute Gasteiger partial charge is 0.339 e. The minimum absolute atomic E-state index is 0.240. The maximum atomic E-state index is 12.4. The number of para-hydroxylation sites is 1. The predicted octanol–water partition coefficient (Wildman–Crippen LogP) is 3.46. The Morgan fingerprint density at radius 1 is 1.30 bits per heavy atom. The average molecular weight is 267 g/mol. The Kier molecular flexibility index (Phi) is 3.50. The molecule has 2 aromatic rings. The van der Waals surface area contributed by atoms with E-state index in [1.165, 1.54) is 0 Å². The molecule has 0 N–H and O–H groups in total. The molecular formula is C17H17NO2. The molecule has 0 aliphatic heterocycles. The zero-order valence-electron chi connectivity index (χ0n) is 11.4. The van der Waals surface area contributed by atoms with Crippen molar-refractivity contribution in [2.24, 2.45) is 0 Å². The van der Waals surface area contributed by atoms with E-state index in [0.717, 1.165) is 47.8 Å². The number of hydrogen-bond acceptors (Lipinski definition) is 3. The number of esters is 1. The first-order chi connectivity index (χ1) is 9.81. The fraction of sp³-hybridized carbons (Fsp3) is 0.294. The molecule has 3 rings (SSSR count). The summed E-state index contributed by atoms with van der Waals surface area (Å²) in [6.07, 6.45) is 5.69. The van der Waals surface area contributed by atoms with Gasteiger partial charge in [-0.05, 0) is 37.3 Å². The SMILES string of the molecule is C=CCOC(=O)c1c2c(nc3ccccc13)CCCC2. The second-order valence-corrected chi connectivity index (χ2v) is 5.02. The Morgan fingerprint density at radius 3 is 2.95 bits per heavy atom. The van der Waals surface area contributed by atoms with Crippen LogP contribution in [0.2, 0.25) is 0 Å². The summed E-state index contributed by atoms with van der Waals surface area (Å²) in [4.78, 5) is 17.1. The number of pyridine rings is 1. The number of aryl methyl sites for hydroxylation is 1. The van der Waals surface area contributed by atoms with Gasteiger partial charge in [-0.3, -0.25) is 4.98 Å². The lowest BCUT2D eigenvalue weighted by molar-refractivity contribution is 0.0550. The fourth-order valence-corrected chi connectivity index (χ4v) is 2.81. The van der Waals surface area contributed by atoms with Gasteiger partial charge < -0.3 is 4.74 Å². The van der Waals surface area contributed by atoms with Gasteiger partial charge in [0.15, 0.2) is 0 Å². The number of carbonyl (C=O) groups excluding carboxylic acids is 1. The number of nitrogens with zero attached hydrogens (tertiary/aromatic N) is 1. The number of hydrogen-bond donors (Lipinski definition) is 0. The van der Waals surface area contributed by atoms with Crippen LogP contribution in [-0.2, 0) is 17.6 Å². The normalized spacial score (nSPS) is 13.8. The summed E-state index contributed by atoms with van der Waals surface area (Å²) in [5.74, 6) is -0.262. The number of carbonyl (C=O) groups is 1. The van der Waals surface area contributed by atoms with Gasteiger partial charge >= 0.3 is 5.97 Å². The molecule has 0 saturated carbocycles. The van der Waals surface area contributed by atoms with E-state index < -0.39 is 0 Å². The number of benzene rings is 1. The van der Waals surface area contributed by atoms with Gasteiger partial charge in [0.2, 0.25) is 0 Å². The minimum Gasteiger partial charge on any atom is -0.458 e. The Morgan fingerprint density at radius 2 is 2.10 bits per heavy atom. The summed E-state index contributed by atoms with van der Waals surface area (Å²) in [6, 6.07) is 7.78. The lowest BCUT2D eigenvalue weighted by Gasteiger charge is -2.19. The van der Waals surface area contributed by atoms with E-state index in [-0.39, 0.29) is 12.6 Å². The van der Waals surface area contributed by atoms with Gasteiger partial charge in [0.1, 0.15) is 6.61 Å². The van der Waals surface area contributed by atoms with E-state index in [2.05, 4.69) is 6.58 Å². The molecule has 0 amide bonds. The lowest BCUT2D eigenvalue weighted by atomic mass is 9.90. The molecule has 1 aliphatic rings. The molecule has 1 heterocycles. The standard InChI is InChI=1S/C17H17NO2/c1-2-11-20-17(19)16-12-7-3-5-9-14(12)18-15-10-6-4-8-13(15)16/h2-3,5,7,9H,1,4,6,8,10-11H2. The van der Waals surface area contributed by atoms with Crippen LogP contribution in [0.15, 0.2) is 36.9 Å². The van der Waals surface area contributed by atoms with Gasteiger partial charge in [-0.1, -0.05) is 30.9 Å². The summed E-state index contributed by atoms with van der Waals surface area (Å²) >= 11 is 0. The second-order valence-electron chi connectivity index (χ2n) is 5.02. The number of rotatable bonds is 3. The Labute approximate surface area is 118 Å². The van der Waals surface area contributed by atoms with E-state index >= 15 is 0 Å². The van der Waals surface area contributed by atoms with Crippen LogP contribution < -0.4 is 0 Å². The van der Waals surface area contributed by atoms with Crippen LogP contribution in [0.5, 0.6) is 0 Å². The van der Waals surface area contributed by atoms with Crippen LogP contribution in [0.3, 0.4) is 0 Å². The van der Waals surface area contributed by atoms with Crippen LogP contribution in [0.4, 0.5) is 0 Å². The maximum Gasteiger partial charge on any atom is 0.339 e. The highest BCUT2D eigenvalue weighted by Crippen LogP contribution is 2.29. The molecule has 1 aromatic carbocycles. The molecule has 0 radical (unpaired) electrons. The predicted molar refractivity (Wildman–Crippen MR) is 78.9 cm³/mol. The van der Waals surface area contributed by atoms with Crippen molar-refractivity contribution in [1.82, 2.24) is 4.98 Å². The summed E-state index contributed by atoms with van der Waals surface area (Å²) in [6.45, 7) is 3.83. The third-order valence-corrected chi connectivity index (χ3v) is 3.71. The molecule has 102 valence electrons. The van der Waals surface area contributed by atoms with Crippen molar-refractivity contribution in [2.75, 3.05) is 6.61 Å². The Hall–Kier alpha value is -2.16. The molecule has 0 fully saturated rings. The Bertz CT molecular complexity index is 676. The largest absolute Gasteiger partial charge is 0.458 e. The zero-order valence-corrected chi connectivity index (χ0v) is 11.4. The van der Waals surface area contributed by atoms with Crippen molar-refractivity contribution in [2.45, 2.75) is 25.7 Å². The van der Waals surface area contributed by atoms with Crippen molar-refractivity contribution in [1.29, 1.82) is 0 Å². The van der Waals surface area contributed by atoms with Crippen LogP contribution >= 0.6 is 0 Å². The molecule has 0 unspecified atom stereocenters. The molecule has 0 spiro atoms. The lowest BCUT2D eigenvalue weighted by Crippen LogP contribution is -2.15. The minimum atomic E-state index is -0.262. The summed E-state index contributed by atoms with van der Waals surface area (Å²) in [5.41, 5.74) is 3.70. The van der Waals surface area contributed by atoms with E-state index in [0.29, 0.717) is 5.56 Å². The summed E-state index contributed by atoms with van der Waals surface area (Å²) in [5, 5.41) is 0.891. The highest BCUT2D eigenvalue weighted by molar-refractivity contribution is 6.05. The van der Waals surface area contributed by atoms with Crippen molar-refractivity contribution >= 4 is 16.9 Å². The second kappa shape index (κ2) is 5.45. The Balaban J connectivity index is 2.20. The topological polar surface area (TPSA) is 39.2 Å². The van der Waals surface area contributed by atoms with Gasteiger partial charge in [0.05, 0.1) is 11.1 Å². The molecule has 3 heteroatoms. The van der Waals surface area contributed by atoms with Crippen LogP contribution in [-0.4, -0.2) is 17.6 Å². The third-order valence-electron chi connectivity index (χ3n) is 3.71. The molecule has 0 bridgehead atoms. The van der Waals surface area contributed by atoms with Crippen molar-refractivity contribution < 1.29 is 9.53 Å². The van der Waals surface area contributed by atoms with Crippen LogP contribution in [0.25, 0.3) is 10.9 Å². The van der Waals surface area contributed by atoms with E-state index in [1.807, 2.05) is 24.3 Å². The average Bonchev–Trinajstić information content (AvgIpc) is 2.50. The molecule has 0 atom stereocenters. The van der Waals surface area contributed by atoms with Crippen LogP contribution in [0, 0.1) is 0 Å². The monoisotopic (exact) mass is 267 g/mol. The number of ether oxygens (including phenoxy) is 1. The zero-order chi connectivity index (χ0) is 13.9. The third kappa shape index (κ3) is 2.20. The maximum absolute atomic E-state index is 12.4. The van der Waals surface area contributed by atoms with Crippen molar-refractivity contribution in [3.05, 3.63) is 53.7 Å². The quantitative estimate of drug-likeness (QED) is 0.631. The molecule has 20 heavy (non-hydrogen) atoms. The molecular weight excluding hydrogens is 250 g/mol. The van der Waals surface area contributed by atoms with Gasteiger partial charge in [-0.15, -0.1) is 0 Å².